The standard InChI is InChI=1S/C19H11ClN4O3S/c20-14-7-4-12(5-8-14)6-9-17-21-19-23(22-17)18(25)16(28-19)11-13-2-1-3-15(10-13)24(26)27/h1-11H. The Labute approximate surface area is 167 Å². The van der Waals surface area contributed by atoms with E-state index in [4.69, 9.17) is 11.6 Å². The smallest absolute Gasteiger partial charge is 0.266 e. The fraction of sp³-hybridized carbons (Fsp3) is 0. The zero-order valence-electron chi connectivity index (χ0n) is 14.2. The number of halogens is 1. The summed E-state index contributed by atoms with van der Waals surface area (Å²) in [5, 5.41) is 15.8. The molecule has 138 valence electrons. The number of hydrogen-bond acceptors (Lipinski definition) is 6. The quantitative estimate of drug-likeness (QED) is 0.379. The first-order valence-corrected chi connectivity index (χ1v) is 9.28. The zero-order chi connectivity index (χ0) is 19.7. The van der Waals surface area contributed by atoms with Crippen LogP contribution in [-0.2, 0) is 0 Å². The third-order valence-corrected chi connectivity index (χ3v) is 5.08. The molecule has 7 nitrogen and oxygen atoms in total. The summed E-state index contributed by atoms with van der Waals surface area (Å²) in [6, 6.07) is 13.4. The maximum absolute atomic E-state index is 12.5. The molecule has 0 saturated carbocycles. The topological polar surface area (TPSA) is 90.4 Å². The van der Waals surface area contributed by atoms with E-state index in [1.165, 1.54) is 28.0 Å². The van der Waals surface area contributed by atoms with Gasteiger partial charge in [0, 0.05) is 17.2 Å². The minimum Gasteiger partial charge on any atom is -0.266 e. The molecule has 0 saturated heterocycles. The number of nitro groups is 1. The van der Waals surface area contributed by atoms with E-state index in [1.54, 1.807) is 36.4 Å². The molecule has 0 amide bonds. The normalized spacial score (nSPS) is 12.2. The number of benzene rings is 2. The van der Waals surface area contributed by atoms with Crippen LogP contribution in [0.1, 0.15) is 17.0 Å². The summed E-state index contributed by atoms with van der Waals surface area (Å²) in [7, 11) is 0. The lowest BCUT2D eigenvalue weighted by atomic mass is 10.2. The van der Waals surface area contributed by atoms with Gasteiger partial charge in [0.15, 0.2) is 5.82 Å². The highest BCUT2D eigenvalue weighted by molar-refractivity contribution is 7.15. The van der Waals surface area contributed by atoms with Crippen molar-refractivity contribution in [1.29, 1.82) is 0 Å². The van der Waals surface area contributed by atoms with Crippen LogP contribution in [-0.4, -0.2) is 19.5 Å². The van der Waals surface area contributed by atoms with Crippen LogP contribution in [0.4, 0.5) is 5.69 Å². The number of rotatable bonds is 4. The molecule has 2 aromatic heterocycles. The molecule has 0 bridgehead atoms. The maximum atomic E-state index is 12.5. The number of hydrogen-bond donors (Lipinski definition) is 0. The largest absolute Gasteiger partial charge is 0.291 e. The van der Waals surface area contributed by atoms with Crippen molar-refractivity contribution in [2.45, 2.75) is 0 Å². The van der Waals surface area contributed by atoms with Gasteiger partial charge in [0.1, 0.15) is 0 Å². The van der Waals surface area contributed by atoms with Crippen molar-refractivity contribution in [3.05, 3.63) is 95.5 Å². The van der Waals surface area contributed by atoms with Crippen LogP contribution in [0.5, 0.6) is 0 Å². The molecule has 0 radical (unpaired) electrons. The van der Waals surface area contributed by atoms with E-state index in [1.807, 2.05) is 18.2 Å². The minimum atomic E-state index is -0.475. The Hall–Kier alpha value is -3.36. The molecule has 0 spiro atoms. The Morgan fingerprint density at radius 1 is 1.11 bits per heavy atom. The molecule has 4 aromatic rings. The molecule has 0 aliphatic carbocycles. The van der Waals surface area contributed by atoms with Crippen LogP contribution in [0.15, 0.2) is 53.3 Å². The Balaban J connectivity index is 1.66. The van der Waals surface area contributed by atoms with Gasteiger partial charge >= 0.3 is 0 Å². The van der Waals surface area contributed by atoms with Gasteiger partial charge in [-0.1, -0.05) is 53.3 Å². The van der Waals surface area contributed by atoms with Gasteiger partial charge in [-0.25, -0.2) is 0 Å². The molecular formula is C19H11ClN4O3S. The Morgan fingerprint density at radius 3 is 2.61 bits per heavy atom. The summed E-state index contributed by atoms with van der Waals surface area (Å²) in [5.74, 6) is 0.417. The van der Waals surface area contributed by atoms with Gasteiger partial charge in [-0.2, -0.15) is 9.50 Å². The third-order valence-electron chi connectivity index (χ3n) is 3.87. The molecule has 4 rings (SSSR count). The molecule has 2 aromatic carbocycles. The van der Waals surface area contributed by atoms with Crippen LogP contribution >= 0.6 is 22.9 Å². The summed E-state index contributed by atoms with van der Waals surface area (Å²) in [6.45, 7) is 0. The van der Waals surface area contributed by atoms with Crippen LogP contribution in [0, 0.1) is 10.1 Å². The number of thiazole rings is 1. The van der Waals surface area contributed by atoms with Crippen molar-refractivity contribution in [1.82, 2.24) is 14.6 Å². The van der Waals surface area contributed by atoms with Crippen molar-refractivity contribution in [3.8, 4) is 0 Å². The highest BCUT2D eigenvalue weighted by Crippen LogP contribution is 2.14. The van der Waals surface area contributed by atoms with Crippen molar-refractivity contribution >= 4 is 51.8 Å². The van der Waals surface area contributed by atoms with E-state index < -0.39 is 4.92 Å². The van der Waals surface area contributed by atoms with Crippen molar-refractivity contribution in [3.63, 3.8) is 0 Å². The molecule has 0 aliphatic heterocycles. The second-order valence-corrected chi connectivity index (χ2v) is 7.26. The Kier molecular flexibility index (Phi) is 4.72. The summed E-state index contributed by atoms with van der Waals surface area (Å²) in [6.07, 6.45) is 5.14. The van der Waals surface area contributed by atoms with E-state index in [2.05, 4.69) is 10.1 Å². The van der Waals surface area contributed by atoms with E-state index >= 15 is 0 Å². The second-order valence-electron chi connectivity index (χ2n) is 5.82. The zero-order valence-corrected chi connectivity index (χ0v) is 15.7. The second kappa shape index (κ2) is 7.34. The summed E-state index contributed by atoms with van der Waals surface area (Å²) in [4.78, 5) is 27.8. The molecule has 0 atom stereocenters. The number of fused-ring (bicyclic) bond motifs is 1. The number of nitro benzene ring substituents is 1. The molecule has 9 heteroatoms. The summed E-state index contributed by atoms with van der Waals surface area (Å²) < 4.78 is 1.64. The van der Waals surface area contributed by atoms with Crippen molar-refractivity contribution < 1.29 is 4.92 Å². The third kappa shape index (κ3) is 3.68. The summed E-state index contributed by atoms with van der Waals surface area (Å²) >= 11 is 7.04. The van der Waals surface area contributed by atoms with E-state index in [0.29, 0.717) is 25.9 Å². The van der Waals surface area contributed by atoms with E-state index in [9.17, 15) is 14.9 Å². The van der Waals surface area contributed by atoms with E-state index in [-0.39, 0.29) is 11.2 Å². The highest BCUT2D eigenvalue weighted by Gasteiger charge is 2.10. The molecular weight excluding hydrogens is 400 g/mol. The van der Waals surface area contributed by atoms with Crippen LogP contribution in [0.2, 0.25) is 5.02 Å². The first-order valence-electron chi connectivity index (χ1n) is 8.09. The lowest BCUT2D eigenvalue weighted by Gasteiger charge is -1.92. The van der Waals surface area contributed by atoms with Gasteiger partial charge in [0.25, 0.3) is 11.2 Å². The molecule has 0 unspecified atom stereocenters. The van der Waals surface area contributed by atoms with Crippen LogP contribution < -0.4 is 10.1 Å². The number of nitrogens with zero attached hydrogens (tertiary/aromatic N) is 4. The predicted octanol–water partition coefficient (Wildman–Crippen LogP) is 3.43. The fourth-order valence-corrected chi connectivity index (χ4v) is 3.58. The molecule has 2 heterocycles. The van der Waals surface area contributed by atoms with Crippen molar-refractivity contribution in [2.24, 2.45) is 0 Å². The van der Waals surface area contributed by atoms with Crippen LogP contribution in [0.3, 0.4) is 0 Å². The molecule has 0 aliphatic rings. The molecule has 0 fully saturated rings. The average Bonchev–Trinajstić information content (AvgIpc) is 3.21. The van der Waals surface area contributed by atoms with Crippen LogP contribution in [0.25, 0.3) is 23.2 Å². The number of non-ortho nitro benzene ring substituents is 1. The highest BCUT2D eigenvalue weighted by atomic mass is 35.5. The minimum absolute atomic E-state index is 0.0321. The van der Waals surface area contributed by atoms with Gasteiger partial charge in [-0.05, 0) is 35.4 Å². The average molecular weight is 411 g/mol. The Morgan fingerprint density at radius 2 is 1.89 bits per heavy atom. The van der Waals surface area contributed by atoms with E-state index in [0.717, 1.165) is 5.56 Å². The predicted molar refractivity (Wildman–Crippen MR) is 109 cm³/mol. The van der Waals surface area contributed by atoms with Gasteiger partial charge in [0.05, 0.1) is 9.46 Å². The maximum Gasteiger partial charge on any atom is 0.291 e. The summed E-state index contributed by atoms with van der Waals surface area (Å²) in [5.41, 5.74) is 1.16. The van der Waals surface area contributed by atoms with Crippen molar-refractivity contribution in [2.75, 3.05) is 0 Å². The Bertz CT molecular complexity index is 1330. The SMILES string of the molecule is O=c1c(=Cc2cccc([N+](=O)[O-])c2)sc2nc(C=Cc3ccc(Cl)cc3)nn12. The lowest BCUT2D eigenvalue weighted by Crippen LogP contribution is -2.23. The van der Waals surface area contributed by atoms with Gasteiger partial charge in [-0.15, -0.1) is 5.10 Å². The number of aromatic nitrogens is 3. The first kappa shape index (κ1) is 18.0. The monoisotopic (exact) mass is 410 g/mol. The molecule has 0 N–H and O–H groups in total. The van der Waals surface area contributed by atoms with Gasteiger partial charge < -0.3 is 0 Å². The molecule has 28 heavy (non-hydrogen) atoms. The van der Waals surface area contributed by atoms with Gasteiger partial charge in [-0.3, -0.25) is 14.9 Å². The van der Waals surface area contributed by atoms with Gasteiger partial charge in [0.2, 0.25) is 4.96 Å². The first-order chi connectivity index (χ1) is 13.5. The fourth-order valence-electron chi connectivity index (χ4n) is 2.54. The lowest BCUT2D eigenvalue weighted by molar-refractivity contribution is -0.384.